The standard InChI is InChI=1S/C22H21N2OS.BrH/c1-23-14-13-17(18-8-2-3-9-19(18)23)7-6-12-22-24(15-16-25)20-10-4-5-11-21(20)26-22;/h2-14,25H,15-16H2,1H3;1H/q+1;/p-1. The summed E-state index contributed by atoms with van der Waals surface area (Å²) in [5.41, 5.74) is 3.58. The van der Waals surface area contributed by atoms with Crippen molar-refractivity contribution in [1.29, 1.82) is 0 Å². The molecule has 1 aromatic heterocycles. The van der Waals surface area contributed by atoms with Crippen LogP contribution in [0, 0.1) is 0 Å². The number of thioether (sulfide) groups is 1. The van der Waals surface area contributed by atoms with Crippen molar-refractivity contribution in [3.63, 3.8) is 0 Å². The molecule has 2 heterocycles. The molecule has 138 valence electrons. The monoisotopic (exact) mass is 440 g/mol. The van der Waals surface area contributed by atoms with Gasteiger partial charge in [0.05, 0.1) is 22.7 Å². The Morgan fingerprint density at radius 2 is 1.85 bits per heavy atom. The van der Waals surface area contributed by atoms with Crippen molar-refractivity contribution in [2.45, 2.75) is 4.90 Å². The van der Waals surface area contributed by atoms with Gasteiger partial charge < -0.3 is 27.0 Å². The molecule has 0 fully saturated rings. The molecule has 3 nitrogen and oxygen atoms in total. The van der Waals surface area contributed by atoms with E-state index in [-0.39, 0.29) is 23.6 Å². The van der Waals surface area contributed by atoms with Gasteiger partial charge in [0, 0.05) is 23.6 Å². The Bertz CT molecular complexity index is 1020. The van der Waals surface area contributed by atoms with Crippen molar-refractivity contribution in [1.82, 2.24) is 0 Å². The zero-order chi connectivity index (χ0) is 17.9. The predicted octanol–water partition coefficient (Wildman–Crippen LogP) is 1.13. The van der Waals surface area contributed by atoms with Crippen molar-refractivity contribution in [3.05, 3.63) is 83.5 Å². The molecule has 0 radical (unpaired) electrons. The number of pyridine rings is 1. The van der Waals surface area contributed by atoms with Crippen molar-refractivity contribution in [3.8, 4) is 0 Å². The lowest BCUT2D eigenvalue weighted by molar-refractivity contribution is -0.644. The molecule has 0 saturated carbocycles. The van der Waals surface area contributed by atoms with Crippen LogP contribution in [0.2, 0.25) is 0 Å². The minimum Gasteiger partial charge on any atom is -1.00 e. The van der Waals surface area contributed by atoms with Crippen LogP contribution in [0.1, 0.15) is 5.56 Å². The van der Waals surface area contributed by atoms with Gasteiger partial charge in [0.15, 0.2) is 6.20 Å². The summed E-state index contributed by atoms with van der Waals surface area (Å²) < 4.78 is 2.14. The third-order valence-electron chi connectivity index (χ3n) is 4.55. The van der Waals surface area contributed by atoms with Gasteiger partial charge in [-0.15, -0.1) is 0 Å². The maximum absolute atomic E-state index is 9.42. The summed E-state index contributed by atoms with van der Waals surface area (Å²) in [7, 11) is 2.07. The second-order valence-electron chi connectivity index (χ2n) is 6.21. The number of aliphatic hydroxyl groups is 1. The average molecular weight is 441 g/mol. The molecule has 0 bridgehead atoms. The maximum Gasteiger partial charge on any atom is 0.212 e. The van der Waals surface area contributed by atoms with Crippen LogP contribution in [0.4, 0.5) is 5.69 Å². The zero-order valence-electron chi connectivity index (χ0n) is 15.0. The lowest BCUT2D eigenvalue weighted by Crippen LogP contribution is -3.00. The van der Waals surface area contributed by atoms with Crippen LogP contribution in [-0.2, 0) is 7.05 Å². The van der Waals surface area contributed by atoms with Crippen molar-refractivity contribution in [2.24, 2.45) is 7.05 Å². The summed E-state index contributed by atoms with van der Waals surface area (Å²) in [4.78, 5) is 3.41. The first-order valence-corrected chi connectivity index (χ1v) is 9.50. The molecule has 1 N–H and O–H groups in total. The number of rotatable bonds is 4. The van der Waals surface area contributed by atoms with E-state index in [9.17, 15) is 5.11 Å². The van der Waals surface area contributed by atoms with Crippen molar-refractivity contribution < 1.29 is 26.7 Å². The third kappa shape index (κ3) is 3.95. The molecule has 5 heteroatoms. The van der Waals surface area contributed by atoms with Gasteiger partial charge in [-0.2, -0.15) is 0 Å². The first kappa shape index (κ1) is 19.7. The smallest absolute Gasteiger partial charge is 0.212 e. The zero-order valence-corrected chi connectivity index (χ0v) is 17.5. The molecule has 0 spiro atoms. The van der Waals surface area contributed by atoms with Crippen LogP contribution < -0.4 is 26.4 Å². The van der Waals surface area contributed by atoms with E-state index in [1.807, 2.05) is 6.07 Å². The van der Waals surface area contributed by atoms with E-state index in [0.29, 0.717) is 6.54 Å². The van der Waals surface area contributed by atoms with E-state index in [4.69, 9.17) is 0 Å². The lowest BCUT2D eigenvalue weighted by atomic mass is 10.1. The van der Waals surface area contributed by atoms with Gasteiger partial charge in [-0.05, 0) is 29.8 Å². The number of aryl methyl sites for hydroxylation is 1. The Hall–Kier alpha value is -2.08. The minimum absolute atomic E-state index is 0. The largest absolute Gasteiger partial charge is 1.00 e. The highest BCUT2D eigenvalue weighted by atomic mass is 79.9. The highest BCUT2D eigenvalue weighted by molar-refractivity contribution is 8.03. The number of para-hydroxylation sites is 2. The van der Waals surface area contributed by atoms with Gasteiger partial charge in [-0.25, -0.2) is 4.57 Å². The van der Waals surface area contributed by atoms with Gasteiger partial charge in [-0.1, -0.05) is 48.2 Å². The summed E-state index contributed by atoms with van der Waals surface area (Å²) in [6.07, 6.45) is 8.46. The van der Waals surface area contributed by atoms with Gasteiger partial charge in [0.2, 0.25) is 5.52 Å². The average Bonchev–Trinajstić information content (AvgIpc) is 3.02. The minimum atomic E-state index is 0. The third-order valence-corrected chi connectivity index (χ3v) is 5.68. The van der Waals surface area contributed by atoms with Crippen LogP contribution in [0.5, 0.6) is 0 Å². The number of allylic oxidation sites excluding steroid dienone is 2. The van der Waals surface area contributed by atoms with E-state index >= 15 is 0 Å². The molecule has 2 aromatic carbocycles. The van der Waals surface area contributed by atoms with Crippen LogP contribution in [0.25, 0.3) is 17.0 Å². The Morgan fingerprint density at radius 1 is 1.07 bits per heavy atom. The predicted molar refractivity (Wildman–Crippen MR) is 109 cm³/mol. The highest BCUT2D eigenvalue weighted by Crippen LogP contribution is 2.45. The summed E-state index contributed by atoms with van der Waals surface area (Å²) in [6, 6.07) is 18.9. The first-order valence-electron chi connectivity index (χ1n) is 8.69. The van der Waals surface area contributed by atoms with E-state index < -0.39 is 0 Å². The van der Waals surface area contributed by atoms with Crippen molar-refractivity contribution in [2.75, 3.05) is 18.1 Å². The van der Waals surface area contributed by atoms with Crippen LogP contribution in [0.3, 0.4) is 0 Å². The topological polar surface area (TPSA) is 27.4 Å². The molecular weight excluding hydrogens is 420 g/mol. The Labute approximate surface area is 174 Å². The second kappa shape index (κ2) is 8.74. The molecule has 1 aliphatic rings. The summed E-state index contributed by atoms with van der Waals surface area (Å²) in [5.74, 6) is 0. The normalized spacial score (nSPS) is 14.7. The molecule has 3 aromatic rings. The molecular formula is C22H21BrN2OS. The van der Waals surface area contributed by atoms with E-state index in [0.717, 1.165) is 5.03 Å². The van der Waals surface area contributed by atoms with Gasteiger partial charge in [-0.3, -0.25) is 0 Å². The van der Waals surface area contributed by atoms with E-state index in [1.54, 1.807) is 11.8 Å². The second-order valence-corrected chi connectivity index (χ2v) is 7.27. The fraction of sp³-hybridized carbons (Fsp3) is 0.136. The summed E-state index contributed by atoms with van der Waals surface area (Å²) in [6.45, 7) is 0.740. The van der Waals surface area contributed by atoms with Crippen LogP contribution >= 0.6 is 11.8 Å². The first-order chi connectivity index (χ1) is 12.8. The lowest BCUT2D eigenvalue weighted by Gasteiger charge is -2.18. The molecule has 4 rings (SSSR count). The molecule has 0 amide bonds. The number of anilines is 1. The van der Waals surface area contributed by atoms with E-state index in [1.165, 1.54) is 27.0 Å². The number of aliphatic hydroxyl groups excluding tert-OH is 1. The number of nitrogens with zero attached hydrogens (tertiary/aromatic N) is 2. The number of hydrogen-bond acceptors (Lipinski definition) is 3. The number of aromatic nitrogens is 1. The molecule has 0 unspecified atom stereocenters. The fourth-order valence-electron chi connectivity index (χ4n) is 3.27. The fourth-order valence-corrected chi connectivity index (χ4v) is 4.38. The summed E-state index contributed by atoms with van der Waals surface area (Å²) >= 11 is 1.75. The number of halogens is 1. The van der Waals surface area contributed by atoms with Crippen LogP contribution in [0.15, 0.2) is 82.9 Å². The quantitative estimate of drug-likeness (QED) is 0.616. The van der Waals surface area contributed by atoms with Crippen LogP contribution in [-0.4, -0.2) is 18.3 Å². The number of hydrogen-bond donors (Lipinski definition) is 1. The van der Waals surface area contributed by atoms with Gasteiger partial charge in [0.25, 0.3) is 0 Å². The molecule has 1 aliphatic heterocycles. The number of benzene rings is 2. The molecule has 0 saturated heterocycles. The molecule has 0 atom stereocenters. The summed E-state index contributed by atoms with van der Waals surface area (Å²) in [5, 5.41) is 11.8. The Kier molecular flexibility index (Phi) is 6.37. The SMILES string of the molecule is C[n+]1ccc(/C=C/C=C2/Sc3ccccc3N2CCO)c2ccccc21.[Br-]. The van der Waals surface area contributed by atoms with E-state index in [2.05, 4.69) is 89.5 Å². The molecule has 27 heavy (non-hydrogen) atoms. The molecule has 0 aliphatic carbocycles. The Morgan fingerprint density at radius 3 is 2.70 bits per heavy atom. The number of β-amino-alcohol motifs (C(OH)–C–C–N with tert-alkyl or cyclic N) is 1. The van der Waals surface area contributed by atoms with Gasteiger partial charge in [0.1, 0.15) is 7.05 Å². The Balaban J connectivity index is 0.00000210. The van der Waals surface area contributed by atoms with Gasteiger partial charge >= 0.3 is 0 Å². The maximum atomic E-state index is 9.42. The van der Waals surface area contributed by atoms with Crippen molar-refractivity contribution >= 4 is 34.4 Å². The highest BCUT2D eigenvalue weighted by Gasteiger charge is 2.23. The number of fused-ring (bicyclic) bond motifs is 2.